The molecule has 0 amide bonds. The molecule has 0 N–H and O–H groups in total. The smallest absolute Gasteiger partial charge is 0.0443 e. The van der Waals surface area contributed by atoms with Gasteiger partial charge < -0.3 is 4.90 Å². The van der Waals surface area contributed by atoms with Crippen molar-refractivity contribution in [1.82, 2.24) is 9.80 Å². The Labute approximate surface area is 111 Å². The number of hydrogen-bond donors (Lipinski definition) is 0. The van der Waals surface area contributed by atoms with Gasteiger partial charge in [-0.2, -0.15) is 0 Å². The molecule has 3 heteroatoms. The first-order valence-corrected chi connectivity index (χ1v) is 7.52. The molecule has 2 heterocycles. The van der Waals surface area contributed by atoms with Crippen LogP contribution < -0.4 is 0 Å². The van der Waals surface area contributed by atoms with Crippen molar-refractivity contribution in [3.8, 4) is 0 Å². The maximum Gasteiger partial charge on any atom is 0.0443 e. The predicted octanol–water partition coefficient (Wildman–Crippen LogP) is 2.73. The minimum atomic E-state index is 0.603. The van der Waals surface area contributed by atoms with Crippen LogP contribution in [-0.2, 0) is 0 Å². The zero-order valence-electron chi connectivity index (χ0n) is 10.8. The molecule has 2 saturated heterocycles. The predicted molar refractivity (Wildman–Crippen MR) is 74.7 cm³/mol. The molecule has 0 aliphatic carbocycles. The molecule has 2 aliphatic heterocycles. The van der Waals surface area contributed by atoms with Crippen LogP contribution in [0.3, 0.4) is 0 Å². The van der Waals surface area contributed by atoms with Crippen LogP contribution in [0.15, 0.2) is 12.2 Å². The Hall–Kier alpha value is -0.0500. The van der Waals surface area contributed by atoms with Crippen molar-refractivity contribution >= 4 is 11.6 Å². The summed E-state index contributed by atoms with van der Waals surface area (Å²) in [5, 5.41) is 0. The Morgan fingerprint density at radius 1 is 1.06 bits per heavy atom. The standard InChI is InChI=1S/C14H25ClN2/c1-13(11-15)12-16-9-5-14(6-10-16)17-7-3-2-4-8-17/h14H,1-12H2. The minimum absolute atomic E-state index is 0.603. The molecule has 0 radical (unpaired) electrons. The molecule has 0 bridgehead atoms. The van der Waals surface area contributed by atoms with E-state index in [2.05, 4.69) is 16.4 Å². The second kappa shape index (κ2) is 6.77. The molecule has 17 heavy (non-hydrogen) atoms. The van der Waals surface area contributed by atoms with E-state index in [4.69, 9.17) is 11.6 Å². The number of alkyl halides is 1. The van der Waals surface area contributed by atoms with Crippen LogP contribution in [0.2, 0.25) is 0 Å². The molecular weight excluding hydrogens is 232 g/mol. The maximum atomic E-state index is 5.79. The van der Waals surface area contributed by atoms with Gasteiger partial charge in [0.1, 0.15) is 0 Å². The molecular formula is C14H25ClN2. The van der Waals surface area contributed by atoms with Gasteiger partial charge in [0.25, 0.3) is 0 Å². The average molecular weight is 257 g/mol. The van der Waals surface area contributed by atoms with Crippen molar-refractivity contribution in [2.24, 2.45) is 0 Å². The zero-order chi connectivity index (χ0) is 12.1. The second-order valence-corrected chi connectivity index (χ2v) is 5.75. The Balaban J connectivity index is 1.71. The second-order valence-electron chi connectivity index (χ2n) is 5.49. The third-order valence-electron chi connectivity index (χ3n) is 4.10. The van der Waals surface area contributed by atoms with Crippen LogP contribution in [0.5, 0.6) is 0 Å². The van der Waals surface area contributed by atoms with Gasteiger partial charge in [0.05, 0.1) is 0 Å². The van der Waals surface area contributed by atoms with Gasteiger partial charge >= 0.3 is 0 Å². The zero-order valence-corrected chi connectivity index (χ0v) is 11.6. The van der Waals surface area contributed by atoms with E-state index < -0.39 is 0 Å². The first kappa shape index (κ1) is 13.4. The van der Waals surface area contributed by atoms with Crippen molar-refractivity contribution < 1.29 is 0 Å². The molecule has 98 valence electrons. The Morgan fingerprint density at radius 3 is 2.29 bits per heavy atom. The Kier molecular flexibility index (Phi) is 5.33. The van der Waals surface area contributed by atoms with Crippen molar-refractivity contribution in [3.63, 3.8) is 0 Å². The molecule has 0 aromatic carbocycles. The summed E-state index contributed by atoms with van der Waals surface area (Å²) >= 11 is 5.79. The molecule has 0 saturated carbocycles. The fraction of sp³-hybridized carbons (Fsp3) is 0.857. The highest BCUT2D eigenvalue weighted by molar-refractivity contribution is 6.19. The lowest BCUT2D eigenvalue weighted by molar-refractivity contribution is 0.0965. The number of nitrogens with zero attached hydrogens (tertiary/aromatic N) is 2. The van der Waals surface area contributed by atoms with E-state index >= 15 is 0 Å². The van der Waals surface area contributed by atoms with E-state index in [1.807, 2.05) is 0 Å². The van der Waals surface area contributed by atoms with Gasteiger partial charge in [-0.15, -0.1) is 11.6 Å². The molecule has 0 atom stereocenters. The monoisotopic (exact) mass is 256 g/mol. The fourth-order valence-electron chi connectivity index (χ4n) is 3.08. The largest absolute Gasteiger partial charge is 0.300 e. The summed E-state index contributed by atoms with van der Waals surface area (Å²) in [5.74, 6) is 0.603. The lowest BCUT2D eigenvalue weighted by atomic mass is 9.99. The molecule has 0 unspecified atom stereocenters. The quantitative estimate of drug-likeness (QED) is 0.564. The summed E-state index contributed by atoms with van der Waals surface area (Å²) in [6.45, 7) is 10.1. The summed E-state index contributed by atoms with van der Waals surface area (Å²) in [4.78, 5) is 5.22. The normalized spacial score (nSPS) is 25.0. The van der Waals surface area contributed by atoms with E-state index in [1.165, 1.54) is 58.3 Å². The van der Waals surface area contributed by atoms with E-state index in [0.29, 0.717) is 5.88 Å². The molecule has 0 spiro atoms. The summed E-state index contributed by atoms with van der Waals surface area (Å²) in [5.41, 5.74) is 1.16. The number of likely N-dealkylation sites (tertiary alicyclic amines) is 2. The summed E-state index contributed by atoms with van der Waals surface area (Å²) < 4.78 is 0. The fourth-order valence-corrected chi connectivity index (χ4v) is 3.17. The van der Waals surface area contributed by atoms with E-state index in [1.54, 1.807) is 0 Å². The van der Waals surface area contributed by atoms with E-state index in [0.717, 1.165) is 18.2 Å². The summed E-state index contributed by atoms with van der Waals surface area (Å²) in [6, 6.07) is 0.843. The Morgan fingerprint density at radius 2 is 1.71 bits per heavy atom. The molecule has 2 nitrogen and oxygen atoms in total. The van der Waals surface area contributed by atoms with Crippen LogP contribution in [0.25, 0.3) is 0 Å². The van der Waals surface area contributed by atoms with E-state index in [-0.39, 0.29) is 0 Å². The molecule has 2 fully saturated rings. The average Bonchev–Trinajstić information content (AvgIpc) is 2.40. The van der Waals surface area contributed by atoms with E-state index in [9.17, 15) is 0 Å². The molecule has 0 aromatic rings. The van der Waals surface area contributed by atoms with Gasteiger partial charge in [-0.1, -0.05) is 13.0 Å². The minimum Gasteiger partial charge on any atom is -0.300 e. The highest BCUT2D eigenvalue weighted by Crippen LogP contribution is 2.21. The van der Waals surface area contributed by atoms with Crippen molar-refractivity contribution in [2.45, 2.75) is 38.1 Å². The van der Waals surface area contributed by atoms with Crippen LogP contribution in [0, 0.1) is 0 Å². The first-order valence-electron chi connectivity index (χ1n) is 6.98. The Bertz CT molecular complexity index is 241. The topological polar surface area (TPSA) is 6.48 Å². The van der Waals surface area contributed by atoms with Gasteiger partial charge in [0.15, 0.2) is 0 Å². The van der Waals surface area contributed by atoms with Crippen molar-refractivity contribution in [2.75, 3.05) is 38.6 Å². The van der Waals surface area contributed by atoms with Gasteiger partial charge in [-0.25, -0.2) is 0 Å². The molecule has 2 rings (SSSR count). The van der Waals surface area contributed by atoms with Crippen molar-refractivity contribution in [3.05, 3.63) is 12.2 Å². The van der Waals surface area contributed by atoms with Gasteiger partial charge in [-0.05, 0) is 57.4 Å². The summed E-state index contributed by atoms with van der Waals surface area (Å²) in [7, 11) is 0. The summed E-state index contributed by atoms with van der Waals surface area (Å²) in [6.07, 6.45) is 6.91. The van der Waals surface area contributed by atoms with Gasteiger partial charge in [0.2, 0.25) is 0 Å². The van der Waals surface area contributed by atoms with Crippen LogP contribution in [-0.4, -0.2) is 54.4 Å². The lowest BCUT2D eigenvalue weighted by Crippen LogP contribution is -2.47. The SMILES string of the molecule is C=C(CCl)CN1CCC(N2CCCCC2)CC1. The number of halogens is 1. The van der Waals surface area contributed by atoms with Crippen LogP contribution >= 0.6 is 11.6 Å². The van der Waals surface area contributed by atoms with Crippen LogP contribution in [0.1, 0.15) is 32.1 Å². The van der Waals surface area contributed by atoms with Gasteiger partial charge in [-0.3, -0.25) is 4.90 Å². The van der Waals surface area contributed by atoms with Crippen LogP contribution in [0.4, 0.5) is 0 Å². The highest BCUT2D eigenvalue weighted by Gasteiger charge is 2.25. The maximum absolute atomic E-state index is 5.79. The molecule has 2 aliphatic rings. The third-order valence-corrected chi connectivity index (χ3v) is 4.48. The highest BCUT2D eigenvalue weighted by atomic mass is 35.5. The number of hydrogen-bond acceptors (Lipinski definition) is 2. The van der Waals surface area contributed by atoms with Gasteiger partial charge in [0, 0.05) is 18.5 Å². The van der Waals surface area contributed by atoms with Crippen molar-refractivity contribution in [1.29, 1.82) is 0 Å². The first-order chi connectivity index (χ1) is 8.29. The molecule has 0 aromatic heterocycles. The third kappa shape index (κ3) is 3.97. The number of piperidine rings is 2. The number of rotatable bonds is 4. The lowest BCUT2D eigenvalue weighted by Gasteiger charge is -2.40.